The molecule has 1 heteroatoms. The van der Waals surface area contributed by atoms with E-state index in [2.05, 4.69) is 30.3 Å². The van der Waals surface area contributed by atoms with Crippen LogP contribution in [-0.4, -0.2) is 10.7 Å². The van der Waals surface area contributed by atoms with Gasteiger partial charge in [-0.05, 0) is 43.1 Å². The van der Waals surface area contributed by atoms with Gasteiger partial charge in [0.25, 0.3) is 0 Å². The topological polar surface area (TPSA) is 20.2 Å². The van der Waals surface area contributed by atoms with Crippen molar-refractivity contribution in [3.8, 4) is 0 Å². The molecule has 0 bridgehead atoms. The van der Waals surface area contributed by atoms with Gasteiger partial charge in [0, 0.05) is 0 Å². The molecule has 0 spiro atoms. The van der Waals surface area contributed by atoms with Crippen LogP contribution >= 0.6 is 0 Å². The van der Waals surface area contributed by atoms with E-state index >= 15 is 0 Å². The molecule has 2 saturated carbocycles. The summed E-state index contributed by atoms with van der Waals surface area (Å²) in [6.45, 7) is 0. The SMILES string of the molecule is OC1(CC(Cc2ccccc2)C2CCCCC2)CCCCC1. The van der Waals surface area contributed by atoms with Crippen molar-refractivity contribution in [2.75, 3.05) is 0 Å². The van der Waals surface area contributed by atoms with Gasteiger partial charge >= 0.3 is 0 Å². The van der Waals surface area contributed by atoms with E-state index in [1.165, 1.54) is 56.9 Å². The molecule has 1 atom stereocenters. The van der Waals surface area contributed by atoms with E-state index < -0.39 is 0 Å². The Morgan fingerprint density at radius 2 is 1.55 bits per heavy atom. The van der Waals surface area contributed by atoms with Crippen LogP contribution in [0.3, 0.4) is 0 Å². The van der Waals surface area contributed by atoms with E-state index in [1.54, 1.807) is 0 Å². The highest BCUT2D eigenvalue weighted by atomic mass is 16.3. The largest absolute Gasteiger partial charge is 0.390 e. The highest BCUT2D eigenvalue weighted by molar-refractivity contribution is 5.15. The van der Waals surface area contributed by atoms with Crippen molar-refractivity contribution >= 4 is 0 Å². The minimum atomic E-state index is -0.366. The fourth-order valence-corrected chi connectivity index (χ4v) is 4.83. The molecule has 2 aliphatic carbocycles. The van der Waals surface area contributed by atoms with Crippen LogP contribution in [0.15, 0.2) is 30.3 Å². The smallest absolute Gasteiger partial charge is 0.0650 e. The summed E-state index contributed by atoms with van der Waals surface area (Å²) in [5.74, 6) is 1.51. The highest BCUT2D eigenvalue weighted by Gasteiger charge is 2.35. The third-order valence-corrected chi connectivity index (χ3v) is 6.08. The third kappa shape index (κ3) is 4.35. The van der Waals surface area contributed by atoms with Crippen molar-refractivity contribution in [3.63, 3.8) is 0 Å². The number of aliphatic hydroxyl groups is 1. The van der Waals surface area contributed by atoms with Crippen LogP contribution in [0.25, 0.3) is 0 Å². The Labute approximate surface area is 136 Å². The molecule has 2 aliphatic rings. The normalized spacial score (nSPS) is 24.0. The van der Waals surface area contributed by atoms with E-state index in [0.29, 0.717) is 5.92 Å². The first-order valence-corrected chi connectivity index (χ1v) is 9.51. The Kier molecular flexibility index (Phi) is 5.57. The molecule has 1 N–H and O–H groups in total. The first-order valence-electron chi connectivity index (χ1n) is 9.51. The number of hydrogen-bond acceptors (Lipinski definition) is 1. The molecule has 2 fully saturated rings. The van der Waals surface area contributed by atoms with Crippen molar-refractivity contribution in [1.82, 2.24) is 0 Å². The zero-order chi connectivity index (χ0) is 15.3. The summed E-state index contributed by atoms with van der Waals surface area (Å²) in [7, 11) is 0. The minimum absolute atomic E-state index is 0.366. The van der Waals surface area contributed by atoms with Crippen molar-refractivity contribution in [1.29, 1.82) is 0 Å². The molecule has 0 heterocycles. The van der Waals surface area contributed by atoms with Gasteiger partial charge in [0.05, 0.1) is 5.60 Å². The number of benzene rings is 1. The summed E-state index contributed by atoms with van der Waals surface area (Å²) in [6.07, 6.45) is 15.0. The average Bonchev–Trinajstić information content (AvgIpc) is 2.56. The van der Waals surface area contributed by atoms with Crippen LogP contribution in [-0.2, 0) is 6.42 Å². The number of rotatable bonds is 5. The van der Waals surface area contributed by atoms with Gasteiger partial charge in [-0.3, -0.25) is 0 Å². The van der Waals surface area contributed by atoms with Crippen molar-refractivity contribution < 1.29 is 5.11 Å². The second-order valence-electron chi connectivity index (χ2n) is 7.84. The summed E-state index contributed by atoms with van der Waals surface area (Å²) in [6, 6.07) is 10.9. The second kappa shape index (κ2) is 7.64. The third-order valence-electron chi connectivity index (χ3n) is 6.08. The van der Waals surface area contributed by atoms with Crippen molar-refractivity contribution in [2.45, 2.75) is 82.7 Å². The summed E-state index contributed by atoms with van der Waals surface area (Å²) in [5.41, 5.74) is 1.09. The zero-order valence-electron chi connectivity index (χ0n) is 14.0. The summed E-state index contributed by atoms with van der Waals surface area (Å²) in [5, 5.41) is 11.1. The summed E-state index contributed by atoms with van der Waals surface area (Å²) >= 11 is 0. The predicted molar refractivity (Wildman–Crippen MR) is 92.9 cm³/mol. The van der Waals surface area contributed by atoms with E-state index in [9.17, 15) is 5.11 Å². The lowest BCUT2D eigenvalue weighted by Gasteiger charge is -2.39. The number of hydrogen-bond donors (Lipinski definition) is 1. The van der Waals surface area contributed by atoms with Crippen molar-refractivity contribution in [3.05, 3.63) is 35.9 Å². The molecule has 3 rings (SSSR count). The standard InChI is InChI=1S/C21H32O/c22-21(14-8-3-9-15-21)17-20(19-12-6-2-7-13-19)16-18-10-4-1-5-11-18/h1,4-5,10-11,19-20,22H,2-3,6-9,12-17H2. The second-order valence-corrected chi connectivity index (χ2v) is 7.84. The highest BCUT2D eigenvalue weighted by Crippen LogP contribution is 2.40. The molecule has 0 amide bonds. The van der Waals surface area contributed by atoms with Crippen LogP contribution < -0.4 is 0 Å². The van der Waals surface area contributed by atoms with Crippen LogP contribution in [0.1, 0.15) is 76.2 Å². The fourth-order valence-electron chi connectivity index (χ4n) is 4.83. The molecule has 22 heavy (non-hydrogen) atoms. The lowest BCUT2D eigenvalue weighted by atomic mass is 9.70. The Morgan fingerprint density at radius 1 is 0.909 bits per heavy atom. The van der Waals surface area contributed by atoms with E-state index in [0.717, 1.165) is 31.6 Å². The molecule has 1 unspecified atom stereocenters. The van der Waals surface area contributed by atoms with Gasteiger partial charge in [0.1, 0.15) is 0 Å². The monoisotopic (exact) mass is 300 g/mol. The van der Waals surface area contributed by atoms with E-state index in [-0.39, 0.29) is 5.60 Å². The molecule has 0 saturated heterocycles. The van der Waals surface area contributed by atoms with Gasteiger partial charge < -0.3 is 5.11 Å². The Bertz CT molecular complexity index is 426. The van der Waals surface area contributed by atoms with Gasteiger partial charge in [-0.2, -0.15) is 0 Å². The Morgan fingerprint density at radius 3 is 2.23 bits per heavy atom. The van der Waals surface area contributed by atoms with Crippen LogP contribution in [0.2, 0.25) is 0 Å². The Balaban J connectivity index is 1.70. The summed E-state index contributed by atoms with van der Waals surface area (Å²) < 4.78 is 0. The van der Waals surface area contributed by atoms with Gasteiger partial charge in [-0.1, -0.05) is 81.7 Å². The molecule has 1 aromatic rings. The lowest BCUT2D eigenvalue weighted by molar-refractivity contribution is -0.0274. The van der Waals surface area contributed by atoms with Gasteiger partial charge in [0.15, 0.2) is 0 Å². The predicted octanol–water partition coefficient (Wildman–Crippen LogP) is 5.51. The molecule has 0 aliphatic heterocycles. The molecule has 1 nitrogen and oxygen atoms in total. The van der Waals surface area contributed by atoms with Crippen LogP contribution in [0.4, 0.5) is 0 Å². The Hall–Kier alpha value is -0.820. The molecule has 1 aromatic carbocycles. The van der Waals surface area contributed by atoms with Gasteiger partial charge in [0.2, 0.25) is 0 Å². The van der Waals surface area contributed by atoms with E-state index in [1.807, 2.05) is 0 Å². The van der Waals surface area contributed by atoms with Gasteiger partial charge in [-0.15, -0.1) is 0 Å². The quantitative estimate of drug-likeness (QED) is 0.760. The fraction of sp³-hybridized carbons (Fsp3) is 0.714. The molecule has 122 valence electrons. The first-order chi connectivity index (χ1) is 10.8. The molecule has 0 aromatic heterocycles. The molecular formula is C21H32O. The van der Waals surface area contributed by atoms with E-state index in [4.69, 9.17) is 0 Å². The first kappa shape index (κ1) is 16.1. The minimum Gasteiger partial charge on any atom is -0.390 e. The van der Waals surface area contributed by atoms with Gasteiger partial charge in [-0.25, -0.2) is 0 Å². The van der Waals surface area contributed by atoms with Crippen LogP contribution in [0, 0.1) is 11.8 Å². The maximum atomic E-state index is 11.1. The van der Waals surface area contributed by atoms with Crippen LogP contribution in [0.5, 0.6) is 0 Å². The maximum absolute atomic E-state index is 11.1. The molecule has 0 radical (unpaired) electrons. The maximum Gasteiger partial charge on any atom is 0.0650 e. The lowest BCUT2D eigenvalue weighted by Crippen LogP contribution is -2.36. The van der Waals surface area contributed by atoms with Crippen molar-refractivity contribution in [2.24, 2.45) is 11.8 Å². The average molecular weight is 300 g/mol. The summed E-state index contributed by atoms with van der Waals surface area (Å²) in [4.78, 5) is 0. The molecular weight excluding hydrogens is 268 g/mol. The zero-order valence-corrected chi connectivity index (χ0v) is 14.0.